The summed E-state index contributed by atoms with van der Waals surface area (Å²) in [7, 11) is 3.18. The summed E-state index contributed by atoms with van der Waals surface area (Å²) in [6.07, 6.45) is 0. The number of carbonyl (C=O) groups excluding carboxylic acids is 3. The number of nitrogens with zero attached hydrogens (tertiary/aromatic N) is 2. The zero-order valence-electron chi connectivity index (χ0n) is 18.0. The first-order chi connectivity index (χ1) is 14.6. The first-order valence-electron chi connectivity index (χ1n) is 9.61. The zero-order chi connectivity index (χ0) is 23.1. The molecule has 0 aromatic heterocycles. The molecule has 0 atom stereocenters. The molecule has 0 unspecified atom stereocenters. The van der Waals surface area contributed by atoms with Crippen LogP contribution >= 0.6 is 23.2 Å². The Bertz CT molecular complexity index is 941. The van der Waals surface area contributed by atoms with E-state index in [-0.39, 0.29) is 37.4 Å². The molecule has 2 rings (SSSR count). The molecule has 0 spiro atoms. The van der Waals surface area contributed by atoms with Crippen LogP contribution in [0.25, 0.3) is 0 Å². The highest BCUT2D eigenvalue weighted by Gasteiger charge is 2.18. The molecular formula is C22H26Cl2N4O3. The Balaban J connectivity index is 1.84. The summed E-state index contributed by atoms with van der Waals surface area (Å²) in [4.78, 5) is 39.9. The number of aryl methyl sites for hydroxylation is 2. The quantitative estimate of drug-likeness (QED) is 0.625. The van der Waals surface area contributed by atoms with Crippen molar-refractivity contribution in [2.24, 2.45) is 0 Å². The van der Waals surface area contributed by atoms with Crippen LogP contribution in [0, 0.1) is 13.8 Å². The van der Waals surface area contributed by atoms with Gasteiger partial charge in [0, 0.05) is 12.7 Å². The van der Waals surface area contributed by atoms with Crippen LogP contribution in [0.4, 0.5) is 11.4 Å². The fourth-order valence-electron chi connectivity index (χ4n) is 2.94. The van der Waals surface area contributed by atoms with Crippen LogP contribution in [-0.2, 0) is 14.4 Å². The van der Waals surface area contributed by atoms with Gasteiger partial charge in [-0.15, -0.1) is 0 Å². The number of likely N-dealkylation sites (N-methyl/N-ethyl adjacent to an activating group) is 2. The van der Waals surface area contributed by atoms with Gasteiger partial charge < -0.3 is 15.5 Å². The Labute approximate surface area is 192 Å². The van der Waals surface area contributed by atoms with Gasteiger partial charge in [0.05, 0.1) is 35.4 Å². The van der Waals surface area contributed by atoms with Crippen LogP contribution < -0.4 is 10.6 Å². The SMILES string of the molecule is Cc1cccc(C)c1NC(=O)CN(C)C(=O)CN(C)CC(=O)Nc1c(Cl)cccc1Cl. The summed E-state index contributed by atoms with van der Waals surface area (Å²) < 4.78 is 0. The van der Waals surface area contributed by atoms with Crippen LogP contribution in [-0.4, -0.2) is 61.3 Å². The lowest BCUT2D eigenvalue weighted by molar-refractivity contribution is -0.134. The second kappa shape index (κ2) is 11.1. The molecule has 0 aliphatic rings. The molecule has 2 N–H and O–H groups in total. The van der Waals surface area contributed by atoms with E-state index < -0.39 is 0 Å². The minimum atomic E-state index is -0.360. The molecule has 31 heavy (non-hydrogen) atoms. The number of amides is 3. The Hall–Kier alpha value is -2.61. The second-order valence-corrected chi connectivity index (χ2v) is 8.20. The number of hydrogen-bond donors (Lipinski definition) is 2. The third-order valence-corrected chi connectivity index (χ3v) is 5.23. The summed E-state index contributed by atoms with van der Waals surface area (Å²) in [5.41, 5.74) is 2.98. The standard InChI is InChI=1S/C22H26Cl2N4O3/c1-14-7-5-8-15(2)21(14)25-19(30)12-28(4)20(31)13-27(3)11-18(29)26-22-16(23)9-6-10-17(22)24/h5-10H,11-13H2,1-4H3,(H,25,30)(H,26,29). The molecule has 0 fully saturated rings. The van der Waals surface area contributed by atoms with E-state index in [0.29, 0.717) is 15.7 Å². The van der Waals surface area contributed by atoms with Gasteiger partial charge in [-0.3, -0.25) is 19.3 Å². The molecule has 2 aromatic carbocycles. The van der Waals surface area contributed by atoms with Gasteiger partial charge >= 0.3 is 0 Å². The Kier molecular flexibility index (Phi) is 8.86. The normalized spacial score (nSPS) is 10.7. The molecule has 9 heteroatoms. The van der Waals surface area contributed by atoms with Gasteiger partial charge in [-0.2, -0.15) is 0 Å². The van der Waals surface area contributed by atoms with E-state index in [1.54, 1.807) is 37.2 Å². The fourth-order valence-corrected chi connectivity index (χ4v) is 3.43. The van der Waals surface area contributed by atoms with Crippen molar-refractivity contribution in [1.82, 2.24) is 9.80 Å². The number of nitrogens with one attached hydrogen (secondary N) is 2. The molecule has 0 saturated carbocycles. The number of hydrogen-bond acceptors (Lipinski definition) is 4. The van der Waals surface area contributed by atoms with Gasteiger partial charge in [0.25, 0.3) is 0 Å². The lowest BCUT2D eigenvalue weighted by Crippen LogP contribution is -2.42. The van der Waals surface area contributed by atoms with Gasteiger partial charge in [0.15, 0.2) is 0 Å². The predicted octanol–water partition coefficient (Wildman–Crippen LogP) is 3.58. The number of benzene rings is 2. The van der Waals surface area contributed by atoms with E-state index in [1.165, 1.54) is 4.90 Å². The Morgan fingerprint density at radius 3 is 1.84 bits per heavy atom. The number of halogens is 2. The predicted molar refractivity (Wildman–Crippen MR) is 125 cm³/mol. The van der Waals surface area contributed by atoms with Gasteiger partial charge in [-0.1, -0.05) is 47.5 Å². The Morgan fingerprint density at radius 2 is 1.26 bits per heavy atom. The highest BCUT2D eigenvalue weighted by atomic mass is 35.5. The highest BCUT2D eigenvalue weighted by Crippen LogP contribution is 2.29. The summed E-state index contributed by atoms with van der Waals surface area (Å²) in [6, 6.07) is 10.7. The average Bonchev–Trinajstić information content (AvgIpc) is 2.67. The molecular weight excluding hydrogens is 439 g/mol. The molecule has 7 nitrogen and oxygen atoms in total. The van der Waals surface area contributed by atoms with Crippen LogP contribution in [0.15, 0.2) is 36.4 Å². The molecule has 0 radical (unpaired) electrons. The summed E-state index contributed by atoms with van der Waals surface area (Å²) in [6.45, 7) is 3.65. The number of carbonyl (C=O) groups is 3. The van der Waals surface area contributed by atoms with Crippen LogP contribution in [0.5, 0.6) is 0 Å². The van der Waals surface area contributed by atoms with Crippen LogP contribution in [0.3, 0.4) is 0 Å². The van der Waals surface area contributed by atoms with Crippen molar-refractivity contribution in [2.75, 3.05) is 44.4 Å². The third-order valence-electron chi connectivity index (χ3n) is 4.60. The minimum absolute atomic E-state index is 0.0309. The topological polar surface area (TPSA) is 81.8 Å². The lowest BCUT2D eigenvalue weighted by Gasteiger charge is -2.22. The summed E-state index contributed by atoms with van der Waals surface area (Å²) in [5.74, 6) is -0.939. The Morgan fingerprint density at radius 1 is 0.774 bits per heavy atom. The number of rotatable bonds is 8. The van der Waals surface area contributed by atoms with E-state index in [4.69, 9.17) is 23.2 Å². The van der Waals surface area contributed by atoms with E-state index in [9.17, 15) is 14.4 Å². The third kappa shape index (κ3) is 7.24. The minimum Gasteiger partial charge on any atom is -0.335 e. The maximum Gasteiger partial charge on any atom is 0.243 e. The van der Waals surface area contributed by atoms with E-state index in [2.05, 4.69) is 10.6 Å². The molecule has 0 heterocycles. The van der Waals surface area contributed by atoms with Crippen LogP contribution in [0.1, 0.15) is 11.1 Å². The van der Waals surface area contributed by atoms with Gasteiger partial charge in [0.2, 0.25) is 17.7 Å². The van der Waals surface area contributed by atoms with Crippen molar-refractivity contribution < 1.29 is 14.4 Å². The molecule has 0 aliphatic heterocycles. The molecule has 2 aromatic rings. The van der Waals surface area contributed by atoms with Gasteiger partial charge in [-0.05, 0) is 44.2 Å². The first kappa shape index (κ1) is 24.7. The van der Waals surface area contributed by atoms with Crippen molar-refractivity contribution >= 4 is 52.3 Å². The van der Waals surface area contributed by atoms with Gasteiger partial charge in [0.1, 0.15) is 0 Å². The van der Waals surface area contributed by atoms with Crippen LogP contribution in [0.2, 0.25) is 10.0 Å². The largest absolute Gasteiger partial charge is 0.335 e. The first-order valence-corrected chi connectivity index (χ1v) is 10.4. The van der Waals surface area contributed by atoms with Crippen molar-refractivity contribution in [3.8, 4) is 0 Å². The van der Waals surface area contributed by atoms with E-state index >= 15 is 0 Å². The number of anilines is 2. The van der Waals surface area contributed by atoms with E-state index in [0.717, 1.165) is 16.8 Å². The summed E-state index contributed by atoms with van der Waals surface area (Å²) in [5, 5.41) is 6.16. The van der Waals surface area contributed by atoms with Gasteiger partial charge in [-0.25, -0.2) is 0 Å². The monoisotopic (exact) mass is 464 g/mol. The van der Waals surface area contributed by atoms with Crippen molar-refractivity contribution in [3.63, 3.8) is 0 Å². The average molecular weight is 465 g/mol. The summed E-state index contributed by atoms with van der Waals surface area (Å²) >= 11 is 12.1. The highest BCUT2D eigenvalue weighted by molar-refractivity contribution is 6.39. The zero-order valence-corrected chi connectivity index (χ0v) is 19.5. The number of para-hydroxylation sites is 2. The van der Waals surface area contributed by atoms with Crippen molar-refractivity contribution in [2.45, 2.75) is 13.8 Å². The smallest absolute Gasteiger partial charge is 0.243 e. The molecule has 166 valence electrons. The lowest BCUT2D eigenvalue weighted by atomic mass is 10.1. The molecule has 0 aliphatic carbocycles. The molecule has 0 saturated heterocycles. The maximum absolute atomic E-state index is 12.5. The van der Waals surface area contributed by atoms with Crippen molar-refractivity contribution in [1.29, 1.82) is 0 Å². The molecule has 0 bridgehead atoms. The maximum atomic E-state index is 12.5. The van der Waals surface area contributed by atoms with Crippen molar-refractivity contribution in [3.05, 3.63) is 57.6 Å². The molecule has 3 amide bonds. The second-order valence-electron chi connectivity index (χ2n) is 7.38. The van der Waals surface area contributed by atoms with E-state index in [1.807, 2.05) is 32.0 Å². The fraction of sp³-hybridized carbons (Fsp3) is 0.318.